The fraction of sp³-hybridized carbons (Fsp3) is 0.615. The number of nitrogens with zero attached hydrogens (tertiary/aromatic N) is 3. The monoisotopic (exact) mass is 245 g/mol. The summed E-state index contributed by atoms with van der Waals surface area (Å²) in [5, 5.41) is 14.9. The van der Waals surface area contributed by atoms with E-state index in [1.54, 1.807) is 6.33 Å². The average Bonchev–Trinajstić information content (AvgIpc) is 2.33. The molecule has 0 spiro atoms. The van der Waals surface area contributed by atoms with Crippen molar-refractivity contribution in [2.45, 2.75) is 32.1 Å². The Morgan fingerprint density at radius 3 is 2.56 bits per heavy atom. The van der Waals surface area contributed by atoms with Crippen LogP contribution in [-0.4, -0.2) is 23.1 Å². The molecule has 0 saturated heterocycles. The van der Waals surface area contributed by atoms with Gasteiger partial charge in [0.1, 0.15) is 18.0 Å². The molecule has 1 aliphatic rings. The Hall–Kier alpha value is -1.83. The molecule has 96 valence electrons. The van der Waals surface area contributed by atoms with Crippen molar-refractivity contribution in [3.63, 3.8) is 0 Å². The number of aromatic nitrogens is 2. The Kier molecular flexibility index (Phi) is 4.77. The van der Waals surface area contributed by atoms with Gasteiger partial charge in [-0.25, -0.2) is 9.97 Å². The number of hydrogen-bond acceptors (Lipinski definition) is 5. The van der Waals surface area contributed by atoms with Crippen LogP contribution in [0.3, 0.4) is 0 Å². The van der Waals surface area contributed by atoms with Gasteiger partial charge in [-0.3, -0.25) is 0 Å². The van der Waals surface area contributed by atoms with Crippen LogP contribution >= 0.6 is 0 Å². The van der Waals surface area contributed by atoms with Crippen LogP contribution in [0.1, 0.15) is 32.1 Å². The maximum atomic E-state index is 8.46. The zero-order chi connectivity index (χ0) is 12.6. The van der Waals surface area contributed by atoms with E-state index in [2.05, 4.69) is 26.7 Å². The number of nitrogens with one attached hydrogen (secondary N) is 2. The largest absolute Gasteiger partial charge is 0.370 e. The molecule has 0 unspecified atom stereocenters. The lowest BCUT2D eigenvalue weighted by molar-refractivity contribution is 0.303. The second-order valence-electron chi connectivity index (χ2n) is 4.64. The van der Waals surface area contributed by atoms with Gasteiger partial charge in [-0.05, 0) is 12.3 Å². The van der Waals surface area contributed by atoms with Crippen LogP contribution in [-0.2, 0) is 0 Å². The van der Waals surface area contributed by atoms with Gasteiger partial charge in [0.05, 0.1) is 12.5 Å². The Morgan fingerprint density at radius 2 is 1.94 bits per heavy atom. The van der Waals surface area contributed by atoms with Crippen molar-refractivity contribution in [1.82, 2.24) is 9.97 Å². The molecule has 18 heavy (non-hydrogen) atoms. The predicted octanol–water partition coefficient (Wildman–Crippen LogP) is 2.40. The van der Waals surface area contributed by atoms with E-state index in [9.17, 15) is 0 Å². The number of anilines is 2. The molecule has 2 N–H and O–H groups in total. The van der Waals surface area contributed by atoms with E-state index >= 15 is 0 Å². The zero-order valence-electron chi connectivity index (χ0n) is 10.5. The van der Waals surface area contributed by atoms with Crippen molar-refractivity contribution in [1.29, 1.82) is 5.26 Å². The van der Waals surface area contributed by atoms with Crippen LogP contribution in [0.2, 0.25) is 0 Å². The molecule has 1 fully saturated rings. The number of rotatable bonds is 7. The molecule has 0 radical (unpaired) electrons. The fourth-order valence-corrected chi connectivity index (χ4v) is 1.98. The molecule has 1 aromatic heterocycles. The molecule has 1 aromatic rings. The second kappa shape index (κ2) is 6.80. The molecule has 1 saturated carbocycles. The topological polar surface area (TPSA) is 73.6 Å². The Morgan fingerprint density at radius 1 is 1.22 bits per heavy atom. The highest BCUT2D eigenvalue weighted by Gasteiger charge is 2.16. The Labute approximate surface area is 108 Å². The van der Waals surface area contributed by atoms with Gasteiger partial charge in [-0.15, -0.1) is 0 Å². The summed E-state index contributed by atoms with van der Waals surface area (Å²) in [6.07, 6.45) is 7.40. The van der Waals surface area contributed by atoms with Crippen molar-refractivity contribution in [3.8, 4) is 6.07 Å². The maximum Gasteiger partial charge on any atom is 0.131 e. The van der Waals surface area contributed by atoms with Gasteiger partial charge in [0, 0.05) is 19.2 Å². The van der Waals surface area contributed by atoms with Crippen molar-refractivity contribution < 1.29 is 0 Å². The molecule has 1 heterocycles. The van der Waals surface area contributed by atoms with Crippen LogP contribution in [0.15, 0.2) is 12.4 Å². The summed E-state index contributed by atoms with van der Waals surface area (Å²) in [5.41, 5.74) is 0. The molecule has 0 bridgehead atoms. The van der Waals surface area contributed by atoms with Crippen LogP contribution < -0.4 is 10.6 Å². The normalized spacial score (nSPS) is 14.6. The highest BCUT2D eigenvalue weighted by Crippen LogP contribution is 2.29. The molecule has 2 rings (SSSR count). The van der Waals surface area contributed by atoms with E-state index in [0.717, 1.165) is 24.1 Å². The van der Waals surface area contributed by atoms with Gasteiger partial charge in [0.25, 0.3) is 0 Å². The summed E-state index contributed by atoms with van der Waals surface area (Å²) in [4.78, 5) is 8.29. The Balaban J connectivity index is 1.73. The van der Waals surface area contributed by atoms with Crippen molar-refractivity contribution in [2.75, 3.05) is 23.7 Å². The first-order chi connectivity index (χ1) is 8.88. The van der Waals surface area contributed by atoms with E-state index in [-0.39, 0.29) is 0 Å². The fourth-order valence-electron chi connectivity index (χ4n) is 1.98. The molecule has 5 heteroatoms. The molecular formula is C13H19N5. The van der Waals surface area contributed by atoms with Crippen LogP contribution in [0, 0.1) is 17.2 Å². The minimum absolute atomic E-state index is 0.481. The molecule has 0 aliphatic heterocycles. The molecule has 0 amide bonds. The van der Waals surface area contributed by atoms with Crippen LogP contribution in [0.25, 0.3) is 0 Å². The molecule has 1 aliphatic carbocycles. The molecule has 0 aromatic carbocycles. The van der Waals surface area contributed by atoms with E-state index in [4.69, 9.17) is 5.26 Å². The van der Waals surface area contributed by atoms with Crippen molar-refractivity contribution >= 4 is 11.6 Å². The van der Waals surface area contributed by atoms with Gasteiger partial charge in [0.2, 0.25) is 0 Å². The smallest absolute Gasteiger partial charge is 0.131 e. The SMILES string of the molecule is N#CCCNc1cc(NCCC2CCC2)ncn1. The average molecular weight is 245 g/mol. The summed E-state index contributed by atoms with van der Waals surface area (Å²) < 4.78 is 0. The third-order valence-electron chi connectivity index (χ3n) is 3.29. The van der Waals surface area contributed by atoms with Gasteiger partial charge < -0.3 is 10.6 Å². The van der Waals surface area contributed by atoms with Gasteiger partial charge >= 0.3 is 0 Å². The first-order valence-electron chi connectivity index (χ1n) is 6.55. The molecular weight excluding hydrogens is 226 g/mol. The minimum atomic E-state index is 0.481. The third-order valence-corrected chi connectivity index (χ3v) is 3.29. The Bertz CT molecular complexity index is 408. The van der Waals surface area contributed by atoms with Gasteiger partial charge in [0.15, 0.2) is 0 Å². The highest BCUT2D eigenvalue weighted by atomic mass is 15.1. The summed E-state index contributed by atoms with van der Waals surface area (Å²) in [6.45, 7) is 1.59. The highest BCUT2D eigenvalue weighted by molar-refractivity contribution is 5.46. The molecule has 5 nitrogen and oxygen atoms in total. The zero-order valence-corrected chi connectivity index (χ0v) is 10.5. The van der Waals surface area contributed by atoms with E-state index in [1.807, 2.05) is 6.07 Å². The van der Waals surface area contributed by atoms with E-state index < -0.39 is 0 Å². The lowest BCUT2D eigenvalue weighted by Gasteiger charge is -2.25. The summed E-state index contributed by atoms with van der Waals surface area (Å²) in [6, 6.07) is 3.98. The lowest BCUT2D eigenvalue weighted by Crippen LogP contribution is -2.16. The third kappa shape index (κ3) is 3.88. The van der Waals surface area contributed by atoms with Crippen molar-refractivity contribution in [3.05, 3.63) is 12.4 Å². The van der Waals surface area contributed by atoms with E-state index in [1.165, 1.54) is 25.7 Å². The quantitative estimate of drug-likeness (QED) is 0.722. The van der Waals surface area contributed by atoms with E-state index in [0.29, 0.717) is 13.0 Å². The van der Waals surface area contributed by atoms with Crippen molar-refractivity contribution in [2.24, 2.45) is 5.92 Å². The minimum Gasteiger partial charge on any atom is -0.370 e. The maximum absolute atomic E-state index is 8.46. The first kappa shape index (κ1) is 12.6. The van der Waals surface area contributed by atoms with Crippen LogP contribution in [0.4, 0.5) is 11.6 Å². The lowest BCUT2D eigenvalue weighted by atomic mass is 9.83. The first-order valence-corrected chi connectivity index (χ1v) is 6.55. The summed E-state index contributed by atoms with van der Waals surface area (Å²) in [7, 11) is 0. The van der Waals surface area contributed by atoms with Gasteiger partial charge in [-0.1, -0.05) is 19.3 Å². The summed E-state index contributed by atoms with van der Waals surface area (Å²) in [5.74, 6) is 2.53. The molecule has 0 atom stereocenters. The van der Waals surface area contributed by atoms with Crippen LogP contribution in [0.5, 0.6) is 0 Å². The van der Waals surface area contributed by atoms with Gasteiger partial charge in [-0.2, -0.15) is 5.26 Å². The number of nitriles is 1. The summed E-state index contributed by atoms with van der Waals surface area (Å²) >= 11 is 0. The standard InChI is InChI=1S/C13H19N5/c14-6-2-7-15-12-9-13(18-10-17-12)16-8-5-11-3-1-4-11/h9-11H,1-5,7-8H2,(H2,15,16,17,18). The second-order valence-corrected chi connectivity index (χ2v) is 4.64. The number of hydrogen-bond donors (Lipinski definition) is 2. The predicted molar refractivity (Wildman–Crippen MR) is 71.2 cm³/mol.